The van der Waals surface area contributed by atoms with E-state index in [9.17, 15) is 0 Å². The van der Waals surface area contributed by atoms with Crippen LogP contribution in [0.15, 0.2) is 30.5 Å². The molecule has 1 aromatic carbocycles. The summed E-state index contributed by atoms with van der Waals surface area (Å²) in [5.74, 6) is 1.15. The van der Waals surface area contributed by atoms with Gasteiger partial charge in [-0.1, -0.05) is 29.8 Å². The largest absolute Gasteiger partial charge is 0.333 e. The van der Waals surface area contributed by atoms with Gasteiger partial charge in [0.05, 0.1) is 5.69 Å². The van der Waals surface area contributed by atoms with Gasteiger partial charge in [-0.15, -0.1) is 0 Å². The van der Waals surface area contributed by atoms with E-state index in [-0.39, 0.29) is 6.04 Å². The minimum absolute atomic E-state index is 0.264. The van der Waals surface area contributed by atoms with Gasteiger partial charge in [-0.3, -0.25) is 0 Å². The fourth-order valence-corrected chi connectivity index (χ4v) is 2.65. The molecule has 1 aromatic heterocycles. The number of fused-ring (bicyclic) bond motifs is 1. The van der Waals surface area contributed by atoms with Gasteiger partial charge in [0, 0.05) is 36.6 Å². The van der Waals surface area contributed by atoms with Crippen molar-refractivity contribution in [3.8, 4) is 0 Å². The topological polar surface area (TPSA) is 43.8 Å². The van der Waals surface area contributed by atoms with Crippen LogP contribution in [0.2, 0.25) is 5.02 Å². The molecule has 2 N–H and O–H groups in total. The van der Waals surface area contributed by atoms with E-state index < -0.39 is 0 Å². The van der Waals surface area contributed by atoms with Crippen LogP contribution in [0, 0.1) is 0 Å². The van der Waals surface area contributed by atoms with Crippen molar-refractivity contribution in [2.45, 2.75) is 31.8 Å². The zero-order valence-corrected chi connectivity index (χ0v) is 10.9. The quantitative estimate of drug-likeness (QED) is 0.902. The van der Waals surface area contributed by atoms with Gasteiger partial charge in [0.25, 0.3) is 0 Å². The molecule has 0 amide bonds. The van der Waals surface area contributed by atoms with Gasteiger partial charge >= 0.3 is 0 Å². The van der Waals surface area contributed by atoms with E-state index in [0.717, 1.165) is 47.9 Å². The van der Waals surface area contributed by atoms with Gasteiger partial charge in [-0.05, 0) is 18.1 Å². The first kappa shape index (κ1) is 11.8. The first-order chi connectivity index (χ1) is 8.72. The van der Waals surface area contributed by atoms with Gasteiger partial charge in [-0.2, -0.15) is 0 Å². The minimum atomic E-state index is 0.264. The fraction of sp³-hybridized carbons (Fsp3) is 0.357. The summed E-state index contributed by atoms with van der Waals surface area (Å²) in [7, 11) is 0. The maximum Gasteiger partial charge on any atom is 0.109 e. The highest BCUT2D eigenvalue weighted by molar-refractivity contribution is 6.31. The number of aromatic nitrogens is 2. The zero-order chi connectivity index (χ0) is 12.5. The van der Waals surface area contributed by atoms with Crippen molar-refractivity contribution in [2.75, 3.05) is 0 Å². The molecule has 1 aliphatic heterocycles. The molecule has 1 atom stereocenters. The molecule has 0 bridgehead atoms. The Balaban J connectivity index is 1.84. The molecule has 4 heteroatoms. The van der Waals surface area contributed by atoms with E-state index in [1.54, 1.807) is 0 Å². The lowest BCUT2D eigenvalue weighted by molar-refractivity contribution is 0.453. The maximum atomic E-state index is 6.17. The molecular formula is C14H16ClN3. The zero-order valence-electron chi connectivity index (χ0n) is 10.1. The van der Waals surface area contributed by atoms with Crippen LogP contribution >= 0.6 is 11.6 Å². The van der Waals surface area contributed by atoms with E-state index in [2.05, 4.69) is 15.7 Å². The Hall–Kier alpha value is -1.32. The molecule has 0 fully saturated rings. The lowest BCUT2D eigenvalue weighted by Gasteiger charge is -2.19. The first-order valence-electron chi connectivity index (χ1n) is 6.26. The highest BCUT2D eigenvalue weighted by atomic mass is 35.5. The van der Waals surface area contributed by atoms with Crippen molar-refractivity contribution < 1.29 is 0 Å². The Morgan fingerprint density at radius 1 is 1.39 bits per heavy atom. The van der Waals surface area contributed by atoms with Crippen molar-refractivity contribution in [1.82, 2.24) is 9.55 Å². The molecule has 2 aromatic rings. The van der Waals surface area contributed by atoms with Gasteiger partial charge in [-0.25, -0.2) is 4.98 Å². The number of imidazole rings is 1. The van der Waals surface area contributed by atoms with Crippen molar-refractivity contribution >= 4 is 11.6 Å². The third-order valence-corrected chi connectivity index (χ3v) is 3.78. The standard InChI is InChI=1S/C14H16ClN3/c15-13-4-2-1-3-10(13)7-12-9-18-8-11(16)5-6-14(18)17-12/h1-4,9,11H,5-8,16H2. The van der Waals surface area contributed by atoms with Crippen LogP contribution in [0.1, 0.15) is 23.5 Å². The van der Waals surface area contributed by atoms with Crippen molar-refractivity contribution in [3.63, 3.8) is 0 Å². The number of aryl methyl sites for hydroxylation is 1. The van der Waals surface area contributed by atoms with Gasteiger partial charge < -0.3 is 10.3 Å². The van der Waals surface area contributed by atoms with Gasteiger partial charge in [0.2, 0.25) is 0 Å². The van der Waals surface area contributed by atoms with Crippen molar-refractivity contribution in [1.29, 1.82) is 0 Å². The Morgan fingerprint density at radius 3 is 3.06 bits per heavy atom. The second kappa shape index (κ2) is 4.75. The molecule has 1 unspecified atom stereocenters. The summed E-state index contributed by atoms with van der Waals surface area (Å²) in [6.07, 6.45) is 4.90. The maximum absolute atomic E-state index is 6.17. The van der Waals surface area contributed by atoms with E-state index in [4.69, 9.17) is 17.3 Å². The Morgan fingerprint density at radius 2 is 2.22 bits per heavy atom. The number of hydrogen-bond acceptors (Lipinski definition) is 2. The molecule has 0 aliphatic carbocycles. The first-order valence-corrected chi connectivity index (χ1v) is 6.64. The summed E-state index contributed by atoms with van der Waals surface area (Å²) < 4.78 is 2.18. The molecular weight excluding hydrogens is 246 g/mol. The lowest BCUT2D eigenvalue weighted by atomic mass is 10.1. The molecule has 3 nitrogen and oxygen atoms in total. The Kier molecular flexibility index (Phi) is 3.10. The molecule has 0 spiro atoms. The summed E-state index contributed by atoms with van der Waals surface area (Å²) in [5, 5.41) is 0.806. The molecule has 0 saturated heterocycles. The van der Waals surface area contributed by atoms with E-state index >= 15 is 0 Å². The number of nitrogens with zero attached hydrogens (tertiary/aromatic N) is 2. The van der Waals surface area contributed by atoms with E-state index in [0.29, 0.717) is 0 Å². The summed E-state index contributed by atoms with van der Waals surface area (Å²) in [6, 6.07) is 8.19. The Bertz CT molecular complexity index is 562. The predicted octanol–water partition coefficient (Wildman–Crippen LogP) is 2.40. The summed E-state index contributed by atoms with van der Waals surface area (Å²) in [5.41, 5.74) is 8.17. The Labute approximate surface area is 112 Å². The van der Waals surface area contributed by atoms with Gasteiger partial charge in [0.15, 0.2) is 0 Å². The minimum Gasteiger partial charge on any atom is -0.333 e. The molecule has 18 heavy (non-hydrogen) atoms. The third-order valence-electron chi connectivity index (χ3n) is 3.41. The monoisotopic (exact) mass is 261 g/mol. The molecule has 0 radical (unpaired) electrons. The number of benzene rings is 1. The molecule has 2 heterocycles. The SMILES string of the molecule is NC1CCc2nc(Cc3ccccc3Cl)cn2C1. The van der Waals surface area contributed by atoms with Crippen LogP contribution in [-0.4, -0.2) is 15.6 Å². The smallest absolute Gasteiger partial charge is 0.109 e. The lowest BCUT2D eigenvalue weighted by Crippen LogP contribution is -2.31. The second-order valence-electron chi connectivity index (χ2n) is 4.87. The summed E-state index contributed by atoms with van der Waals surface area (Å²) in [6.45, 7) is 0.880. The third kappa shape index (κ3) is 2.28. The molecule has 0 saturated carbocycles. The second-order valence-corrected chi connectivity index (χ2v) is 5.27. The summed E-state index contributed by atoms with van der Waals surface area (Å²) >= 11 is 6.17. The van der Waals surface area contributed by atoms with Crippen LogP contribution in [-0.2, 0) is 19.4 Å². The average molecular weight is 262 g/mol. The number of hydrogen-bond donors (Lipinski definition) is 1. The van der Waals surface area contributed by atoms with Crippen LogP contribution < -0.4 is 5.73 Å². The molecule has 1 aliphatic rings. The average Bonchev–Trinajstić information content (AvgIpc) is 2.73. The van der Waals surface area contributed by atoms with E-state index in [1.165, 1.54) is 0 Å². The normalized spacial score (nSPS) is 18.7. The fourth-order valence-electron chi connectivity index (χ4n) is 2.45. The number of halogens is 1. The molecule has 94 valence electrons. The highest BCUT2D eigenvalue weighted by Crippen LogP contribution is 2.20. The number of rotatable bonds is 2. The van der Waals surface area contributed by atoms with Crippen LogP contribution in [0.4, 0.5) is 0 Å². The number of nitrogens with two attached hydrogens (primary N) is 1. The summed E-state index contributed by atoms with van der Waals surface area (Å²) in [4.78, 5) is 4.67. The van der Waals surface area contributed by atoms with Crippen LogP contribution in [0.3, 0.4) is 0 Å². The predicted molar refractivity (Wildman–Crippen MR) is 72.8 cm³/mol. The van der Waals surface area contributed by atoms with Crippen LogP contribution in [0.25, 0.3) is 0 Å². The van der Waals surface area contributed by atoms with E-state index in [1.807, 2.05) is 24.3 Å². The highest BCUT2D eigenvalue weighted by Gasteiger charge is 2.17. The van der Waals surface area contributed by atoms with Crippen molar-refractivity contribution in [3.05, 3.63) is 52.6 Å². The van der Waals surface area contributed by atoms with Crippen molar-refractivity contribution in [2.24, 2.45) is 5.73 Å². The molecule has 3 rings (SSSR count). The van der Waals surface area contributed by atoms with Crippen LogP contribution in [0.5, 0.6) is 0 Å². The van der Waals surface area contributed by atoms with Gasteiger partial charge in [0.1, 0.15) is 5.82 Å².